The van der Waals surface area contributed by atoms with Crippen molar-refractivity contribution in [3.05, 3.63) is 293 Å². The number of aromatic nitrogens is 5. The molecule has 0 aliphatic rings. The summed E-state index contributed by atoms with van der Waals surface area (Å²) >= 11 is 0. The zero-order valence-corrected chi connectivity index (χ0v) is 50.2. The normalized spacial score (nSPS) is 8.13. The van der Waals surface area contributed by atoms with Gasteiger partial charge in [-0.15, -0.1) is 0 Å². The minimum Gasteiger partial charge on any atom is -0.545 e. The number of amides is 5. The second-order valence-corrected chi connectivity index (χ2v) is 15.2. The van der Waals surface area contributed by atoms with Crippen LogP contribution in [-0.4, -0.2) is 122 Å². The molecule has 5 aromatic heterocycles. The minimum absolute atomic E-state index is 0. The summed E-state index contributed by atoms with van der Waals surface area (Å²) < 4.78 is 48.5. The van der Waals surface area contributed by atoms with E-state index in [0.29, 0.717) is 27.8 Å². The number of rotatable bonds is 9. The molecule has 0 unspecified atom stereocenters. The van der Waals surface area contributed by atoms with Gasteiger partial charge < -0.3 is 112 Å². The molecule has 0 fully saturated rings. The predicted molar refractivity (Wildman–Crippen MR) is 316 cm³/mol. The Kier molecular flexibility index (Phi) is 66.2. The van der Waals surface area contributed by atoms with Crippen LogP contribution in [-0.2, 0) is 34.1 Å². The van der Waals surface area contributed by atoms with Gasteiger partial charge in [0.25, 0.3) is 0 Å². The van der Waals surface area contributed by atoms with Crippen LogP contribution in [0.1, 0.15) is 93.2 Å². The molecule has 31 nitrogen and oxygen atoms in total. The van der Waals surface area contributed by atoms with E-state index in [2.05, 4.69) is 24.9 Å². The average molecular weight is 1440 g/mol. The Morgan fingerprint density at radius 1 is 0.242 bits per heavy atom. The van der Waals surface area contributed by atoms with Crippen LogP contribution in [0.4, 0.5) is 17.6 Å². The van der Waals surface area contributed by atoms with Gasteiger partial charge in [-0.2, -0.15) is 0 Å². The van der Waals surface area contributed by atoms with E-state index in [9.17, 15) is 81.1 Å². The van der Waals surface area contributed by atoms with Crippen LogP contribution in [0.25, 0.3) is 0 Å². The molecule has 0 saturated heterocycles. The van der Waals surface area contributed by atoms with Crippen LogP contribution < -0.4 is 49.1 Å². The summed E-state index contributed by atoms with van der Waals surface area (Å²) in [6, 6.07) is 34.3. The summed E-state index contributed by atoms with van der Waals surface area (Å²) in [5.41, 5.74) is 26.8. The second-order valence-electron chi connectivity index (χ2n) is 15.2. The smallest absolute Gasteiger partial charge is 0.545 e. The molecule has 26 N–H and O–H groups in total. The van der Waals surface area contributed by atoms with Crippen molar-refractivity contribution in [1.29, 1.82) is 0 Å². The molecule has 0 saturated carbocycles. The summed E-state index contributed by atoms with van der Waals surface area (Å²) in [5, 5.41) is 40.3. The third-order valence-corrected chi connectivity index (χ3v) is 9.05. The third-order valence-electron chi connectivity index (χ3n) is 9.05. The number of pyridine rings is 5. The predicted octanol–water partition coefficient (Wildman–Crippen LogP) is -4.94. The fourth-order valence-corrected chi connectivity index (χ4v) is 4.89. The molecule has 0 aliphatic carbocycles. The first-order valence-corrected chi connectivity index (χ1v) is 23.2. The van der Waals surface area contributed by atoms with E-state index in [1.54, 1.807) is 91.6 Å². The number of carboxylic acids is 4. The standard InChI is InChI=1S/4C7H5FO2.5C6H6N2O.2Cu.8H2O/c4*8-6-3-1-5(2-4-6)7(9)10;5*7-6(9)5-2-1-3-8-4-5;;;;;;;;;;/h4*1-4H,(H,9,10);5*1-4H,(H2,7,9);;;8*1H2/q;;;;;;;;;2*+2;;;;;;;;/p-4. The van der Waals surface area contributed by atoms with Gasteiger partial charge in [-0.1, -0.05) is 48.5 Å². The summed E-state index contributed by atoms with van der Waals surface area (Å²) in [7, 11) is 0. The molecule has 37 heteroatoms. The van der Waals surface area contributed by atoms with Crippen LogP contribution in [0.3, 0.4) is 0 Å². The fraction of sp³-hybridized carbons (Fsp3) is 0. The Morgan fingerprint density at radius 3 is 0.442 bits per heavy atom. The van der Waals surface area contributed by atoms with Crippen LogP contribution in [0, 0.1) is 23.3 Å². The van der Waals surface area contributed by atoms with Crippen molar-refractivity contribution in [2.45, 2.75) is 0 Å². The van der Waals surface area contributed by atoms with Gasteiger partial charge in [0.05, 0.1) is 51.7 Å². The number of halogens is 4. The van der Waals surface area contributed by atoms with Crippen molar-refractivity contribution < 1.29 is 159 Å². The number of carboxylic acid groups (broad SMARTS) is 4. The molecule has 2 radical (unpaired) electrons. The van der Waals surface area contributed by atoms with Crippen molar-refractivity contribution in [3.8, 4) is 0 Å². The van der Waals surface area contributed by atoms with Crippen molar-refractivity contribution >= 4 is 53.4 Å². The molecule has 9 rings (SSSR count). The van der Waals surface area contributed by atoms with Gasteiger partial charge in [0, 0.05) is 62.0 Å². The number of carbonyl (C=O) groups excluding carboxylic acids is 9. The van der Waals surface area contributed by atoms with E-state index in [1.807, 2.05) is 0 Å². The number of carbonyl (C=O) groups is 9. The number of nitrogens with two attached hydrogens (primary N) is 5. The van der Waals surface area contributed by atoms with Gasteiger partial charge in [0.1, 0.15) is 23.3 Å². The molecule has 5 heterocycles. The SMILES string of the molecule is NC(=O)c1cccnc1.NC(=O)c1cccnc1.NC(=O)c1cccnc1.NC(=O)c1cccnc1.NC(=O)c1cccnc1.O.O.O.O.O.O.O.O.O=C([O-])c1ccc(F)cc1.O=C([O-])c1ccc(F)cc1.O=C([O-])c1ccc(F)cc1.O=C([O-])c1ccc(F)cc1.[Cu+2].[Cu+2]. The number of benzene rings is 4. The van der Waals surface area contributed by atoms with Gasteiger partial charge in [0.2, 0.25) is 29.5 Å². The third kappa shape index (κ3) is 48.8. The molecule has 520 valence electrons. The summed E-state index contributed by atoms with van der Waals surface area (Å²) in [4.78, 5) is 111. The zero-order chi connectivity index (χ0) is 63.7. The molecule has 0 spiro atoms. The molecule has 4 aromatic carbocycles. The second kappa shape index (κ2) is 59.9. The number of hydrogen-bond acceptors (Lipinski definition) is 18. The number of aromatic carboxylic acids is 4. The first-order chi connectivity index (χ1) is 40.3. The van der Waals surface area contributed by atoms with E-state index >= 15 is 0 Å². The van der Waals surface area contributed by atoms with Crippen molar-refractivity contribution in [2.24, 2.45) is 28.7 Å². The maximum Gasteiger partial charge on any atom is 2.00 e. The van der Waals surface area contributed by atoms with Crippen LogP contribution >= 0.6 is 0 Å². The molecular weight excluding hydrogens is 1380 g/mol. The number of hydrogen-bond donors (Lipinski definition) is 5. The quantitative estimate of drug-likeness (QED) is 0.0668. The molecule has 5 amide bonds. The molecule has 0 atom stereocenters. The van der Waals surface area contributed by atoms with E-state index < -0.39 is 76.7 Å². The first-order valence-electron chi connectivity index (χ1n) is 23.2. The van der Waals surface area contributed by atoms with Crippen molar-refractivity contribution in [2.75, 3.05) is 0 Å². The van der Waals surface area contributed by atoms with Gasteiger partial charge in [-0.05, 0) is 131 Å². The molecular formula is C58H62Cu2F4N10O21. The number of nitrogens with zero attached hydrogens (tertiary/aromatic N) is 5. The molecule has 95 heavy (non-hydrogen) atoms. The maximum atomic E-state index is 12.1. The minimum atomic E-state index is -1.29. The van der Waals surface area contributed by atoms with Gasteiger partial charge >= 0.3 is 34.1 Å². The first kappa shape index (κ1) is 105. The van der Waals surface area contributed by atoms with E-state index in [-0.39, 0.29) is 100 Å². The Hall–Kier alpha value is -11.7. The van der Waals surface area contributed by atoms with Crippen molar-refractivity contribution in [1.82, 2.24) is 24.9 Å². The molecule has 0 bridgehead atoms. The van der Waals surface area contributed by atoms with Gasteiger partial charge in [-0.25, -0.2) is 17.6 Å². The monoisotopic (exact) mass is 1440 g/mol. The zero-order valence-electron chi connectivity index (χ0n) is 48.3. The Balaban J connectivity index is -0.000000106. The van der Waals surface area contributed by atoms with Crippen LogP contribution in [0.5, 0.6) is 0 Å². The van der Waals surface area contributed by atoms with Crippen LogP contribution in [0.2, 0.25) is 0 Å². The maximum absolute atomic E-state index is 12.1. The summed E-state index contributed by atoms with van der Waals surface area (Å²) in [6.07, 6.45) is 15.1. The van der Waals surface area contributed by atoms with Crippen LogP contribution in [0.15, 0.2) is 220 Å². The number of primary amides is 5. The average Bonchev–Trinajstić information content (AvgIpc) is 2.29. The Morgan fingerprint density at radius 2 is 0.368 bits per heavy atom. The Bertz CT molecular complexity index is 3020. The molecule has 0 aliphatic heterocycles. The fourth-order valence-electron chi connectivity index (χ4n) is 4.89. The van der Waals surface area contributed by atoms with Crippen molar-refractivity contribution in [3.63, 3.8) is 0 Å². The Labute approximate surface area is 556 Å². The van der Waals surface area contributed by atoms with E-state index in [1.165, 1.54) is 31.0 Å². The van der Waals surface area contributed by atoms with E-state index in [4.69, 9.17) is 28.7 Å². The topological polar surface area (TPSA) is 692 Å². The van der Waals surface area contributed by atoms with Gasteiger partial charge in [-0.3, -0.25) is 48.9 Å². The largest absolute Gasteiger partial charge is 2.00 e. The molecule has 9 aromatic rings. The van der Waals surface area contributed by atoms with E-state index in [0.717, 1.165) is 97.1 Å². The summed E-state index contributed by atoms with van der Waals surface area (Å²) in [5.74, 6) is -9.19. The summed E-state index contributed by atoms with van der Waals surface area (Å²) in [6.45, 7) is 0. The van der Waals surface area contributed by atoms with Gasteiger partial charge in [0.15, 0.2) is 0 Å².